The molecule has 0 amide bonds. The van der Waals surface area contributed by atoms with E-state index in [2.05, 4.69) is 51.5 Å². The molecule has 0 unspecified atom stereocenters. The van der Waals surface area contributed by atoms with Crippen LogP contribution in [0.4, 0.5) is 5.69 Å². The minimum Gasteiger partial charge on any atom is -0.507 e. The van der Waals surface area contributed by atoms with Crippen molar-refractivity contribution in [1.29, 1.82) is 0 Å². The Labute approximate surface area is 179 Å². The fourth-order valence-electron chi connectivity index (χ4n) is 3.17. The van der Waals surface area contributed by atoms with Gasteiger partial charge in [0.05, 0.1) is 11.9 Å². The molecule has 0 aliphatic heterocycles. The third-order valence-corrected chi connectivity index (χ3v) is 4.82. The number of aromatic nitrogens is 1. The molecule has 0 saturated heterocycles. The maximum atomic E-state index is 10.9. The standard InChI is InChI=1S/C26H30N2O2/c1-25(2,3)22-14-18(15-23(24(22)29)26(4,5)6)16-28-19-9-11-20(12-10-19)30-21-8-7-13-27-17-21/h7-17,29H,1-6H3. The monoisotopic (exact) mass is 402 g/mol. The first-order valence-corrected chi connectivity index (χ1v) is 10.1. The normalized spacial score (nSPS) is 12.3. The van der Waals surface area contributed by atoms with Crippen molar-refractivity contribution in [3.63, 3.8) is 0 Å². The van der Waals surface area contributed by atoms with Crippen LogP contribution in [0.15, 0.2) is 65.9 Å². The summed E-state index contributed by atoms with van der Waals surface area (Å²) in [5, 5.41) is 10.9. The average molecular weight is 403 g/mol. The van der Waals surface area contributed by atoms with Gasteiger partial charge in [-0.2, -0.15) is 0 Å². The fraction of sp³-hybridized carbons (Fsp3) is 0.308. The smallest absolute Gasteiger partial charge is 0.145 e. The van der Waals surface area contributed by atoms with Crippen LogP contribution in [0.2, 0.25) is 0 Å². The van der Waals surface area contributed by atoms with E-state index >= 15 is 0 Å². The van der Waals surface area contributed by atoms with Gasteiger partial charge in [0.1, 0.15) is 17.2 Å². The van der Waals surface area contributed by atoms with Gasteiger partial charge in [0.15, 0.2) is 0 Å². The maximum absolute atomic E-state index is 10.9. The van der Waals surface area contributed by atoms with Gasteiger partial charge in [-0.05, 0) is 64.9 Å². The number of aliphatic imine (C=N–C) groups is 1. The van der Waals surface area contributed by atoms with E-state index in [0.29, 0.717) is 11.5 Å². The van der Waals surface area contributed by atoms with Gasteiger partial charge in [-0.25, -0.2) is 0 Å². The lowest BCUT2D eigenvalue weighted by Gasteiger charge is -2.27. The van der Waals surface area contributed by atoms with Gasteiger partial charge < -0.3 is 9.84 Å². The zero-order chi connectivity index (χ0) is 21.9. The molecule has 3 aromatic rings. The van der Waals surface area contributed by atoms with Gasteiger partial charge in [-0.15, -0.1) is 0 Å². The third-order valence-electron chi connectivity index (χ3n) is 4.82. The van der Waals surface area contributed by atoms with Crippen LogP contribution in [0.25, 0.3) is 0 Å². The summed E-state index contributed by atoms with van der Waals surface area (Å²) in [6.07, 6.45) is 5.24. The number of rotatable bonds is 4. The van der Waals surface area contributed by atoms with Gasteiger partial charge >= 0.3 is 0 Å². The highest BCUT2D eigenvalue weighted by Crippen LogP contribution is 2.39. The number of aromatic hydroxyl groups is 1. The number of hydrogen-bond acceptors (Lipinski definition) is 4. The summed E-state index contributed by atoms with van der Waals surface area (Å²) in [5.74, 6) is 1.81. The number of phenolic OH excluding ortho intramolecular Hbond substituents is 1. The second kappa shape index (κ2) is 8.31. The lowest BCUT2D eigenvalue weighted by molar-refractivity contribution is 0.423. The number of pyridine rings is 1. The van der Waals surface area contributed by atoms with Crippen LogP contribution in [-0.2, 0) is 10.8 Å². The largest absolute Gasteiger partial charge is 0.507 e. The van der Waals surface area contributed by atoms with Crippen LogP contribution in [0.5, 0.6) is 17.2 Å². The molecule has 0 radical (unpaired) electrons. The van der Waals surface area contributed by atoms with E-state index in [1.807, 2.05) is 54.7 Å². The molecule has 0 saturated carbocycles. The maximum Gasteiger partial charge on any atom is 0.145 e. The molecule has 156 valence electrons. The van der Waals surface area contributed by atoms with Crippen molar-refractivity contribution in [1.82, 2.24) is 4.98 Å². The fourth-order valence-corrected chi connectivity index (χ4v) is 3.17. The topological polar surface area (TPSA) is 54.7 Å². The highest BCUT2D eigenvalue weighted by Gasteiger charge is 2.26. The van der Waals surface area contributed by atoms with Gasteiger partial charge in [-0.1, -0.05) is 41.5 Å². The van der Waals surface area contributed by atoms with Gasteiger partial charge in [0, 0.05) is 23.5 Å². The first-order chi connectivity index (χ1) is 14.0. The number of phenols is 1. The molecule has 3 rings (SSSR count). The third kappa shape index (κ3) is 5.26. The molecular formula is C26H30N2O2. The van der Waals surface area contributed by atoms with Crippen molar-refractivity contribution >= 4 is 11.9 Å². The zero-order valence-corrected chi connectivity index (χ0v) is 18.6. The molecule has 1 aromatic heterocycles. The molecule has 0 spiro atoms. The Morgan fingerprint density at radius 1 is 0.867 bits per heavy atom. The molecule has 0 fully saturated rings. The second-order valence-corrected chi connectivity index (χ2v) is 9.51. The van der Waals surface area contributed by atoms with E-state index in [-0.39, 0.29) is 10.8 Å². The van der Waals surface area contributed by atoms with Crippen LogP contribution in [0.1, 0.15) is 58.2 Å². The molecular weight excluding hydrogens is 372 g/mol. The molecule has 1 heterocycles. The molecule has 0 aliphatic carbocycles. The molecule has 30 heavy (non-hydrogen) atoms. The van der Waals surface area contributed by atoms with Crippen LogP contribution in [0.3, 0.4) is 0 Å². The lowest BCUT2D eigenvalue weighted by Crippen LogP contribution is -2.17. The van der Waals surface area contributed by atoms with E-state index < -0.39 is 0 Å². The molecule has 0 aliphatic rings. The highest BCUT2D eigenvalue weighted by molar-refractivity contribution is 5.83. The van der Waals surface area contributed by atoms with Crippen LogP contribution >= 0.6 is 0 Å². The summed E-state index contributed by atoms with van der Waals surface area (Å²) < 4.78 is 5.77. The Morgan fingerprint density at radius 3 is 1.97 bits per heavy atom. The number of benzene rings is 2. The van der Waals surface area contributed by atoms with E-state index in [4.69, 9.17) is 4.74 Å². The molecule has 4 nitrogen and oxygen atoms in total. The molecule has 2 aromatic carbocycles. The first kappa shape index (κ1) is 21.6. The zero-order valence-electron chi connectivity index (χ0n) is 18.6. The quantitative estimate of drug-likeness (QED) is 0.482. The number of nitrogens with zero attached hydrogens (tertiary/aromatic N) is 2. The second-order valence-electron chi connectivity index (χ2n) is 9.51. The predicted molar refractivity (Wildman–Crippen MR) is 124 cm³/mol. The minimum absolute atomic E-state index is 0.167. The summed E-state index contributed by atoms with van der Waals surface area (Å²) >= 11 is 0. The summed E-state index contributed by atoms with van der Waals surface area (Å²) in [6.45, 7) is 12.6. The van der Waals surface area contributed by atoms with Crippen molar-refractivity contribution in [2.45, 2.75) is 52.4 Å². The van der Waals surface area contributed by atoms with E-state index in [9.17, 15) is 5.11 Å². The number of ether oxygens (including phenoxy) is 1. The van der Waals surface area contributed by atoms with Crippen molar-refractivity contribution < 1.29 is 9.84 Å². The van der Waals surface area contributed by atoms with Crippen molar-refractivity contribution in [2.24, 2.45) is 4.99 Å². The predicted octanol–water partition coefficient (Wildman–Crippen LogP) is 6.93. The van der Waals surface area contributed by atoms with E-state index in [1.54, 1.807) is 12.4 Å². The summed E-state index contributed by atoms with van der Waals surface area (Å²) in [4.78, 5) is 8.68. The average Bonchev–Trinajstić information content (AvgIpc) is 2.67. The Kier molecular flexibility index (Phi) is 5.97. The van der Waals surface area contributed by atoms with Gasteiger partial charge in [0.25, 0.3) is 0 Å². The Balaban J connectivity index is 1.86. The van der Waals surface area contributed by atoms with Crippen molar-refractivity contribution in [2.75, 3.05) is 0 Å². The summed E-state index contributed by atoms with van der Waals surface area (Å²) in [6, 6.07) is 15.3. The Bertz CT molecular complexity index is 990. The van der Waals surface area contributed by atoms with Crippen molar-refractivity contribution in [3.8, 4) is 17.2 Å². The van der Waals surface area contributed by atoms with Gasteiger partial charge in [0.2, 0.25) is 0 Å². The van der Waals surface area contributed by atoms with E-state index in [1.165, 1.54) is 0 Å². The van der Waals surface area contributed by atoms with Crippen LogP contribution < -0.4 is 4.74 Å². The summed E-state index contributed by atoms with van der Waals surface area (Å²) in [5.41, 5.74) is 3.32. The molecule has 4 heteroatoms. The van der Waals surface area contributed by atoms with Crippen LogP contribution in [0, 0.1) is 0 Å². The molecule has 0 atom stereocenters. The van der Waals surface area contributed by atoms with E-state index in [0.717, 1.165) is 28.1 Å². The SMILES string of the molecule is CC(C)(C)c1cc(C=Nc2ccc(Oc3cccnc3)cc2)cc(C(C)(C)C)c1O. The first-order valence-electron chi connectivity index (χ1n) is 10.1. The van der Waals surface area contributed by atoms with Crippen LogP contribution in [-0.4, -0.2) is 16.3 Å². The Hall–Kier alpha value is -3.14. The molecule has 1 N–H and O–H groups in total. The summed E-state index contributed by atoms with van der Waals surface area (Å²) in [7, 11) is 0. The molecule has 0 bridgehead atoms. The van der Waals surface area contributed by atoms with Gasteiger partial charge in [-0.3, -0.25) is 9.98 Å². The number of hydrogen-bond donors (Lipinski definition) is 1. The Morgan fingerprint density at radius 2 is 1.47 bits per heavy atom. The van der Waals surface area contributed by atoms with Crippen molar-refractivity contribution in [3.05, 3.63) is 77.6 Å². The highest BCUT2D eigenvalue weighted by atomic mass is 16.5. The minimum atomic E-state index is -0.167. The lowest BCUT2D eigenvalue weighted by atomic mass is 9.78.